The lowest BCUT2D eigenvalue weighted by atomic mass is 9.69. The quantitative estimate of drug-likeness (QED) is 0.726. The van der Waals surface area contributed by atoms with Crippen molar-refractivity contribution in [3.05, 3.63) is 37.0 Å². The van der Waals surface area contributed by atoms with Crippen LogP contribution in [0.2, 0.25) is 0 Å². The zero-order valence-electron chi connectivity index (χ0n) is 14.5. The minimum atomic E-state index is 0.189. The average Bonchev–Trinajstić information content (AvgIpc) is 2.58. The van der Waals surface area contributed by atoms with Crippen molar-refractivity contribution >= 4 is 0 Å². The maximum atomic E-state index is 5.92. The van der Waals surface area contributed by atoms with E-state index in [4.69, 9.17) is 5.73 Å². The van der Waals surface area contributed by atoms with Gasteiger partial charge in [-0.15, -0.1) is 0 Å². The predicted molar refractivity (Wildman–Crippen MR) is 95.9 cm³/mol. The van der Waals surface area contributed by atoms with E-state index in [0.717, 1.165) is 6.54 Å². The molecule has 0 aliphatic heterocycles. The van der Waals surface area contributed by atoms with Crippen LogP contribution in [-0.2, 0) is 0 Å². The molecule has 0 unspecified atom stereocenters. The third-order valence-corrected chi connectivity index (χ3v) is 3.33. The van der Waals surface area contributed by atoms with E-state index in [0.29, 0.717) is 0 Å². The van der Waals surface area contributed by atoms with Crippen LogP contribution in [0.3, 0.4) is 0 Å². The highest BCUT2D eigenvalue weighted by atomic mass is 14.6. The summed E-state index contributed by atoms with van der Waals surface area (Å²) in [6.07, 6.45) is 12.2. The lowest BCUT2D eigenvalue weighted by Gasteiger charge is -2.37. The average molecular weight is 283 g/mol. The molecule has 2 nitrogen and oxygen atoms in total. The van der Waals surface area contributed by atoms with E-state index in [1.807, 2.05) is 39.8 Å². The normalized spacial score (nSPS) is 16.1. The second kappa shape index (κ2) is 18.1. The summed E-state index contributed by atoms with van der Waals surface area (Å²) in [6, 6.07) is 0. The fourth-order valence-corrected chi connectivity index (χ4v) is 2.43. The van der Waals surface area contributed by atoms with Crippen molar-refractivity contribution in [2.75, 3.05) is 13.6 Å². The number of hydrogen-bond donors (Lipinski definition) is 2. The molecule has 1 fully saturated rings. The third kappa shape index (κ3) is 8.34. The Kier molecular flexibility index (Phi) is 21.9. The fourth-order valence-electron chi connectivity index (χ4n) is 2.43. The molecular weight excluding hydrogens is 244 g/mol. The van der Waals surface area contributed by atoms with E-state index < -0.39 is 0 Å². The Labute approximate surface area is 128 Å². The Bertz CT molecular complexity index is 236. The summed E-state index contributed by atoms with van der Waals surface area (Å²) in [5.74, 6) is 0. The number of nitrogens with two attached hydrogens (primary N) is 2. The van der Waals surface area contributed by atoms with Crippen molar-refractivity contribution in [3.63, 3.8) is 0 Å². The van der Waals surface area contributed by atoms with E-state index in [1.54, 1.807) is 0 Å². The number of hydrogen-bond acceptors (Lipinski definition) is 2. The second-order valence-corrected chi connectivity index (χ2v) is 4.11. The first-order valence-electron chi connectivity index (χ1n) is 8.02. The standard InChI is InChI=1S/C13H21N.2C2H6.CH5N/c1-3-8-12(4-2)13(11-14)9-6-5-7-10-13;3*1-2/h3-4,8H,1-2,5-7,9-11,14H2;2*1-2H3;2H2,1H3/b12-8+;;;. The van der Waals surface area contributed by atoms with Crippen LogP contribution in [0.15, 0.2) is 37.0 Å². The molecule has 0 aromatic carbocycles. The molecule has 1 rings (SSSR count). The molecule has 0 radical (unpaired) electrons. The Morgan fingerprint density at radius 1 is 1.00 bits per heavy atom. The van der Waals surface area contributed by atoms with Crippen LogP contribution in [0.25, 0.3) is 0 Å². The van der Waals surface area contributed by atoms with E-state index in [2.05, 4.69) is 25.0 Å². The van der Waals surface area contributed by atoms with Gasteiger partial charge < -0.3 is 11.5 Å². The summed E-state index contributed by atoms with van der Waals surface area (Å²) < 4.78 is 0. The Morgan fingerprint density at radius 3 is 1.75 bits per heavy atom. The van der Waals surface area contributed by atoms with Gasteiger partial charge in [-0.3, -0.25) is 0 Å². The fraction of sp³-hybridized carbons (Fsp3) is 0.667. The van der Waals surface area contributed by atoms with Crippen LogP contribution in [0.1, 0.15) is 59.8 Å². The molecule has 1 aliphatic rings. The zero-order valence-corrected chi connectivity index (χ0v) is 14.5. The van der Waals surface area contributed by atoms with Gasteiger partial charge in [-0.05, 0) is 25.5 Å². The Balaban J connectivity index is -0.000000425. The minimum absolute atomic E-state index is 0.189. The summed E-state index contributed by atoms with van der Waals surface area (Å²) in [5, 5.41) is 0. The van der Waals surface area contributed by atoms with Gasteiger partial charge in [-0.25, -0.2) is 0 Å². The van der Waals surface area contributed by atoms with E-state index in [1.165, 1.54) is 44.7 Å². The summed E-state index contributed by atoms with van der Waals surface area (Å²) in [4.78, 5) is 0. The molecule has 0 heterocycles. The largest absolute Gasteiger partial charge is 0.333 e. The summed E-state index contributed by atoms with van der Waals surface area (Å²) in [5.41, 5.74) is 11.9. The zero-order chi connectivity index (χ0) is 16.4. The van der Waals surface area contributed by atoms with Gasteiger partial charge in [-0.2, -0.15) is 0 Å². The van der Waals surface area contributed by atoms with Crippen LogP contribution >= 0.6 is 0 Å². The lowest BCUT2D eigenvalue weighted by molar-refractivity contribution is 0.254. The minimum Gasteiger partial charge on any atom is -0.333 e. The summed E-state index contributed by atoms with van der Waals surface area (Å²) >= 11 is 0. The lowest BCUT2D eigenvalue weighted by Crippen LogP contribution is -2.34. The molecule has 0 aromatic heterocycles. The van der Waals surface area contributed by atoms with Gasteiger partial charge in [-0.1, -0.05) is 78.3 Å². The first-order chi connectivity index (χ1) is 9.79. The first kappa shape index (κ1) is 24.2. The molecule has 0 aromatic rings. The SMILES string of the molecule is C=C/C=C(\C=C)C1(CN)CCCCC1.CC.CC.CN. The predicted octanol–water partition coefficient (Wildman–Crippen LogP) is 4.82. The maximum absolute atomic E-state index is 5.92. The molecule has 0 bridgehead atoms. The van der Waals surface area contributed by atoms with Gasteiger partial charge in [0.15, 0.2) is 0 Å². The molecule has 0 atom stereocenters. The van der Waals surface area contributed by atoms with Crippen LogP contribution in [-0.4, -0.2) is 13.6 Å². The maximum Gasteiger partial charge on any atom is 0.00753 e. The van der Waals surface area contributed by atoms with E-state index in [-0.39, 0.29) is 5.41 Å². The molecule has 0 saturated heterocycles. The van der Waals surface area contributed by atoms with Crippen molar-refractivity contribution in [1.82, 2.24) is 0 Å². The Morgan fingerprint density at radius 2 is 1.45 bits per heavy atom. The Hall–Kier alpha value is -0.860. The van der Waals surface area contributed by atoms with Crippen molar-refractivity contribution in [1.29, 1.82) is 0 Å². The van der Waals surface area contributed by atoms with Crippen LogP contribution < -0.4 is 11.5 Å². The van der Waals surface area contributed by atoms with Gasteiger partial charge >= 0.3 is 0 Å². The first-order valence-corrected chi connectivity index (χ1v) is 8.02. The van der Waals surface area contributed by atoms with Crippen LogP contribution in [0, 0.1) is 5.41 Å². The molecule has 1 saturated carbocycles. The highest BCUT2D eigenvalue weighted by Gasteiger charge is 2.32. The van der Waals surface area contributed by atoms with Crippen LogP contribution in [0.5, 0.6) is 0 Å². The highest BCUT2D eigenvalue weighted by Crippen LogP contribution is 2.41. The monoisotopic (exact) mass is 282 g/mol. The number of allylic oxidation sites excluding steroid dienone is 3. The highest BCUT2D eigenvalue weighted by molar-refractivity contribution is 5.29. The van der Waals surface area contributed by atoms with Crippen molar-refractivity contribution in [2.24, 2.45) is 16.9 Å². The third-order valence-electron chi connectivity index (χ3n) is 3.33. The van der Waals surface area contributed by atoms with Gasteiger partial charge in [0.05, 0.1) is 0 Å². The van der Waals surface area contributed by atoms with Gasteiger partial charge in [0, 0.05) is 12.0 Å². The van der Waals surface area contributed by atoms with Crippen LogP contribution in [0.4, 0.5) is 0 Å². The van der Waals surface area contributed by atoms with E-state index >= 15 is 0 Å². The molecular formula is C18H38N2. The number of rotatable bonds is 4. The molecule has 120 valence electrons. The molecule has 20 heavy (non-hydrogen) atoms. The van der Waals surface area contributed by atoms with Crippen molar-refractivity contribution in [3.8, 4) is 0 Å². The topological polar surface area (TPSA) is 52.0 Å². The van der Waals surface area contributed by atoms with Gasteiger partial charge in [0.25, 0.3) is 0 Å². The molecule has 0 amide bonds. The summed E-state index contributed by atoms with van der Waals surface area (Å²) in [7, 11) is 1.50. The molecule has 0 spiro atoms. The molecule has 4 N–H and O–H groups in total. The van der Waals surface area contributed by atoms with Gasteiger partial charge in [0.1, 0.15) is 0 Å². The van der Waals surface area contributed by atoms with Crippen molar-refractivity contribution < 1.29 is 0 Å². The smallest absolute Gasteiger partial charge is 0.00753 e. The second-order valence-electron chi connectivity index (χ2n) is 4.11. The molecule has 2 heteroatoms. The summed E-state index contributed by atoms with van der Waals surface area (Å²) in [6.45, 7) is 16.4. The van der Waals surface area contributed by atoms with Gasteiger partial charge in [0.2, 0.25) is 0 Å². The van der Waals surface area contributed by atoms with Crippen molar-refractivity contribution in [2.45, 2.75) is 59.8 Å². The van der Waals surface area contributed by atoms with E-state index in [9.17, 15) is 0 Å². The molecule has 1 aliphatic carbocycles.